The molecular weight excluding hydrogens is 364 g/mol. The fraction of sp³-hybridized carbons (Fsp3) is 0.550. The standard InChI is InChI=1S/C20H27ClN4O2/c1-20(2,3)19-23-17(27-24-19)8-5-9-18(26)25-11-10-22-13-16(25)14-6-4-7-15(21)12-14/h4,6-7,12,16,22H,5,8-11,13H2,1-3H3. The highest BCUT2D eigenvalue weighted by molar-refractivity contribution is 6.30. The average Bonchev–Trinajstić information content (AvgIpc) is 3.11. The van der Waals surface area contributed by atoms with Crippen LogP contribution in [-0.4, -0.2) is 40.6 Å². The SMILES string of the molecule is CC(C)(C)c1noc(CCCC(=O)N2CCNCC2c2cccc(Cl)c2)n1. The topological polar surface area (TPSA) is 71.3 Å². The summed E-state index contributed by atoms with van der Waals surface area (Å²) in [6.07, 6.45) is 1.77. The lowest BCUT2D eigenvalue weighted by Gasteiger charge is -2.36. The van der Waals surface area contributed by atoms with E-state index in [9.17, 15) is 4.79 Å². The normalized spacial score (nSPS) is 17.9. The number of carbonyl (C=O) groups is 1. The Morgan fingerprint density at radius 1 is 1.41 bits per heavy atom. The number of amides is 1. The Hall–Kier alpha value is -1.92. The van der Waals surface area contributed by atoms with Gasteiger partial charge >= 0.3 is 0 Å². The highest BCUT2D eigenvalue weighted by Crippen LogP contribution is 2.26. The van der Waals surface area contributed by atoms with Gasteiger partial charge in [0.15, 0.2) is 5.82 Å². The van der Waals surface area contributed by atoms with E-state index in [1.165, 1.54) is 0 Å². The fourth-order valence-corrected chi connectivity index (χ4v) is 3.41. The number of carbonyl (C=O) groups excluding carboxylic acids is 1. The van der Waals surface area contributed by atoms with Crippen LogP contribution >= 0.6 is 11.6 Å². The zero-order valence-electron chi connectivity index (χ0n) is 16.2. The third kappa shape index (κ3) is 5.08. The van der Waals surface area contributed by atoms with Crippen LogP contribution < -0.4 is 5.32 Å². The highest BCUT2D eigenvalue weighted by Gasteiger charge is 2.28. The Kier molecular flexibility index (Phi) is 6.17. The zero-order valence-corrected chi connectivity index (χ0v) is 16.9. The summed E-state index contributed by atoms with van der Waals surface area (Å²) in [6.45, 7) is 8.39. The molecule has 1 aromatic heterocycles. The Balaban J connectivity index is 1.58. The van der Waals surface area contributed by atoms with Gasteiger partial charge in [0.25, 0.3) is 0 Å². The van der Waals surface area contributed by atoms with Crippen molar-refractivity contribution in [2.75, 3.05) is 19.6 Å². The molecule has 2 heterocycles. The Morgan fingerprint density at radius 2 is 2.22 bits per heavy atom. The van der Waals surface area contributed by atoms with Gasteiger partial charge in [0.2, 0.25) is 11.8 Å². The molecule has 146 valence electrons. The van der Waals surface area contributed by atoms with Gasteiger partial charge in [0.1, 0.15) is 0 Å². The Morgan fingerprint density at radius 3 is 2.93 bits per heavy atom. The van der Waals surface area contributed by atoms with E-state index < -0.39 is 0 Å². The summed E-state index contributed by atoms with van der Waals surface area (Å²) < 4.78 is 5.31. The summed E-state index contributed by atoms with van der Waals surface area (Å²) in [5, 5.41) is 8.09. The maximum Gasteiger partial charge on any atom is 0.226 e. The molecule has 0 radical (unpaired) electrons. The number of aromatic nitrogens is 2. The molecule has 2 aromatic rings. The van der Waals surface area contributed by atoms with Gasteiger partial charge in [-0.3, -0.25) is 4.79 Å². The second-order valence-electron chi connectivity index (χ2n) is 7.98. The molecule has 0 spiro atoms. The van der Waals surface area contributed by atoms with Crippen molar-refractivity contribution >= 4 is 17.5 Å². The summed E-state index contributed by atoms with van der Waals surface area (Å²) in [4.78, 5) is 19.2. The number of hydrogen-bond acceptors (Lipinski definition) is 5. The molecule has 1 N–H and O–H groups in total. The molecule has 1 unspecified atom stereocenters. The van der Waals surface area contributed by atoms with Gasteiger partial charge in [-0.1, -0.05) is 49.7 Å². The van der Waals surface area contributed by atoms with E-state index in [-0.39, 0.29) is 17.4 Å². The van der Waals surface area contributed by atoms with Crippen LogP contribution in [-0.2, 0) is 16.6 Å². The van der Waals surface area contributed by atoms with Crippen molar-refractivity contribution in [3.63, 3.8) is 0 Å². The van der Waals surface area contributed by atoms with Crippen LogP contribution in [0.1, 0.15) is 56.9 Å². The number of piperazine rings is 1. The average molecular weight is 391 g/mol. The van der Waals surface area contributed by atoms with Gasteiger partial charge in [-0.05, 0) is 24.1 Å². The van der Waals surface area contributed by atoms with Crippen molar-refractivity contribution in [2.45, 2.75) is 51.5 Å². The fourth-order valence-electron chi connectivity index (χ4n) is 3.21. The predicted octanol–water partition coefficient (Wildman–Crippen LogP) is 3.52. The molecule has 27 heavy (non-hydrogen) atoms. The van der Waals surface area contributed by atoms with E-state index in [1.54, 1.807) is 0 Å². The number of aryl methyl sites for hydroxylation is 1. The number of rotatable bonds is 5. The highest BCUT2D eigenvalue weighted by atomic mass is 35.5. The molecule has 0 bridgehead atoms. The number of halogens is 1. The molecule has 1 aliphatic rings. The van der Waals surface area contributed by atoms with Crippen molar-refractivity contribution < 1.29 is 9.32 Å². The molecule has 0 saturated carbocycles. The molecule has 1 atom stereocenters. The van der Waals surface area contributed by atoms with Crippen LogP contribution in [0.5, 0.6) is 0 Å². The summed E-state index contributed by atoms with van der Waals surface area (Å²) >= 11 is 6.13. The van der Waals surface area contributed by atoms with E-state index in [0.717, 1.165) is 18.7 Å². The van der Waals surface area contributed by atoms with Crippen LogP contribution in [0.2, 0.25) is 5.02 Å². The van der Waals surface area contributed by atoms with Crippen LogP contribution in [0.25, 0.3) is 0 Å². The minimum Gasteiger partial charge on any atom is -0.339 e. The second-order valence-corrected chi connectivity index (χ2v) is 8.41. The monoisotopic (exact) mass is 390 g/mol. The number of nitrogens with zero attached hydrogens (tertiary/aromatic N) is 3. The second kappa shape index (κ2) is 8.40. The quantitative estimate of drug-likeness (QED) is 0.845. The van der Waals surface area contributed by atoms with Crippen molar-refractivity contribution in [1.82, 2.24) is 20.4 Å². The van der Waals surface area contributed by atoms with E-state index in [4.69, 9.17) is 16.1 Å². The number of benzene rings is 1. The lowest BCUT2D eigenvalue weighted by Crippen LogP contribution is -2.48. The molecule has 0 aliphatic carbocycles. The molecule has 7 heteroatoms. The van der Waals surface area contributed by atoms with Gasteiger partial charge < -0.3 is 14.7 Å². The van der Waals surface area contributed by atoms with Gasteiger partial charge in [-0.15, -0.1) is 0 Å². The molecule has 1 amide bonds. The first-order valence-corrected chi connectivity index (χ1v) is 9.81. The molecule has 1 aliphatic heterocycles. The van der Waals surface area contributed by atoms with E-state index in [0.29, 0.717) is 42.5 Å². The lowest BCUT2D eigenvalue weighted by atomic mass is 9.96. The smallest absolute Gasteiger partial charge is 0.226 e. The van der Waals surface area contributed by atoms with Crippen molar-refractivity contribution in [1.29, 1.82) is 0 Å². The van der Waals surface area contributed by atoms with E-state index in [1.807, 2.05) is 49.9 Å². The van der Waals surface area contributed by atoms with Gasteiger partial charge in [-0.2, -0.15) is 4.98 Å². The molecule has 1 aromatic carbocycles. The van der Waals surface area contributed by atoms with Crippen LogP contribution in [0.3, 0.4) is 0 Å². The first-order chi connectivity index (χ1) is 12.8. The third-order valence-corrected chi connectivity index (χ3v) is 4.95. The zero-order chi connectivity index (χ0) is 19.4. The van der Waals surface area contributed by atoms with Crippen LogP contribution in [0.4, 0.5) is 0 Å². The summed E-state index contributed by atoms with van der Waals surface area (Å²) in [7, 11) is 0. The van der Waals surface area contributed by atoms with Crippen LogP contribution in [0.15, 0.2) is 28.8 Å². The molecule has 3 rings (SSSR count). The Labute approximate surface area is 165 Å². The van der Waals surface area contributed by atoms with E-state index >= 15 is 0 Å². The first-order valence-electron chi connectivity index (χ1n) is 9.43. The third-order valence-electron chi connectivity index (χ3n) is 4.72. The van der Waals surface area contributed by atoms with Crippen molar-refractivity contribution in [3.8, 4) is 0 Å². The minimum absolute atomic E-state index is 0.0147. The molecule has 1 fully saturated rings. The molecule has 1 saturated heterocycles. The lowest BCUT2D eigenvalue weighted by molar-refractivity contribution is -0.134. The maximum absolute atomic E-state index is 12.8. The largest absolute Gasteiger partial charge is 0.339 e. The van der Waals surface area contributed by atoms with Crippen molar-refractivity contribution in [2.24, 2.45) is 0 Å². The van der Waals surface area contributed by atoms with Crippen molar-refractivity contribution in [3.05, 3.63) is 46.6 Å². The van der Waals surface area contributed by atoms with Gasteiger partial charge in [0.05, 0.1) is 6.04 Å². The number of hydrogen-bond donors (Lipinski definition) is 1. The minimum atomic E-state index is -0.136. The molecule has 6 nitrogen and oxygen atoms in total. The summed E-state index contributed by atoms with van der Waals surface area (Å²) in [6, 6.07) is 7.75. The van der Waals surface area contributed by atoms with E-state index in [2.05, 4.69) is 15.5 Å². The Bertz CT molecular complexity index is 784. The van der Waals surface area contributed by atoms with Gasteiger partial charge in [-0.25, -0.2) is 0 Å². The maximum atomic E-state index is 12.8. The summed E-state index contributed by atoms with van der Waals surface area (Å²) in [5.41, 5.74) is 0.928. The summed E-state index contributed by atoms with van der Waals surface area (Å²) in [5.74, 6) is 1.45. The first kappa shape index (κ1) is 19.8. The van der Waals surface area contributed by atoms with Gasteiger partial charge in [0, 0.05) is 42.9 Å². The number of nitrogens with one attached hydrogen (secondary N) is 1. The predicted molar refractivity (Wildman–Crippen MR) is 105 cm³/mol. The molecular formula is C20H27ClN4O2. The van der Waals surface area contributed by atoms with Crippen LogP contribution in [0, 0.1) is 0 Å².